The first-order valence-corrected chi connectivity index (χ1v) is 11.4. The smallest absolute Gasteiger partial charge is 0.431 e. The van der Waals surface area contributed by atoms with Gasteiger partial charge in [-0.3, -0.25) is 9.78 Å². The fourth-order valence-electron chi connectivity index (χ4n) is 3.68. The molecule has 1 unspecified atom stereocenters. The third-order valence-corrected chi connectivity index (χ3v) is 5.50. The van der Waals surface area contributed by atoms with Gasteiger partial charge in [-0.2, -0.15) is 18.9 Å². The third kappa shape index (κ3) is 6.18. The van der Waals surface area contributed by atoms with Gasteiger partial charge in [0.15, 0.2) is 11.5 Å². The number of rotatable bonds is 9. The number of methoxy groups -OCH3 is 1. The van der Waals surface area contributed by atoms with Crippen molar-refractivity contribution in [3.63, 3.8) is 0 Å². The summed E-state index contributed by atoms with van der Waals surface area (Å²) in [5.74, 6) is -0.312. The summed E-state index contributed by atoms with van der Waals surface area (Å²) >= 11 is 0. The Labute approximate surface area is 211 Å². The molecule has 0 spiro atoms. The molecular formula is C26H24F2N4O5. The van der Waals surface area contributed by atoms with Gasteiger partial charge in [-0.15, -0.1) is 0 Å². The van der Waals surface area contributed by atoms with Gasteiger partial charge in [0.25, 0.3) is 5.91 Å². The van der Waals surface area contributed by atoms with Crippen molar-refractivity contribution < 1.29 is 32.6 Å². The number of halogens is 2. The molecule has 4 rings (SSSR count). The molecular weight excluding hydrogens is 486 g/mol. The second-order valence-electron chi connectivity index (χ2n) is 7.96. The summed E-state index contributed by atoms with van der Waals surface area (Å²) in [5, 5.41) is 8.42. The van der Waals surface area contributed by atoms with E-state index in [0.717, 1.165) is 10.6 Å². The molecule has 1 aliphatic rings. The van der Waals surface area contributed by atoms with E-state index in [1.165, 1.54) is 25.4 Å². The molecule has 1 aliphatic heterocycles. The number of carbonyl (C=O) groups is 2. The number of carbonyl (C=O) groups excluding carboxylic acids is 2. The van der Waals surface area contributed by atoms with E-state index in [4.69, 9.17) is 9.47 Å². The molecule has 1 atom stereocenters. The van der Waals surface area contributed by atoms with Gasteiger partial charge in [0.05, 0.1) is 19.2 Å². The zero-order valence-corrected chi connectivity index (χ0v) is 20.1. The number of cyclic esters (lactones) is 1. The number of ether oxygens (including phenoxy) is 3. The first-order valence-electron chi connectivity index (χ1n) is 11.4. The number of hydrogen-bond acceptors (Lipinski definition) is 7. The monoisotopic (exact) mass is 510 g/mol. The van der Waals surface area contributed by atoms with Crippen LogP contribution in [-0.4, -0.2) is 47.5 Å². The molecule has 0 bridgehead atoms. The van der Waals surface area contributed by atoms with Gasteiger partial charge < -0.3 is 19.5 Å². The lowest BCUT2D eigenvalue weighted by molar-refractivity contribution is -0.0512. The number of amides is 2. The fourth-order valence-corrected chi connectivity index (χ4v) is 3.68. The van der Waals surface area contributed by atoms with Crippen LogP contribution < -0.4 is 14.8 Å². The van der Waals surface area contributed by atoms with Crippen LogP contribution in [0.1, 0.15) is 34.8 Å². The van der Waals surface area contributed by atoms with Gasteiger partial charge >= 0.3 is 12.7 Å². The van der Waals surface area contributed by atoms with Crippen molar-refractivity contribution in [2.24, 2.45) is 5.10 Å². The molecule has 192 valence electrons. The summed E-state index contributed by atoms with van der Waals surface area (Å²) in [6.07, 6.45) is 2.18. The standard InChI is InChI=1S/C26H24F2N4O5/c1-3-20-23(17-8-11-21(35-2)22(13-17)36-25(27)28)31-32(26(34)37-20)15-16-6-9-19(10-7-16)30-24(33)18-5-4-12-29-14-18/h4-14,20,25H,3,15H2,1-2H3,(H,30,33). The highest BCUT2D eigenvalue weighted by molar-refractivity contribution is 6.06. The zero-order valence-electron chi connectivity index (χ0n) is 20.1. The second kappa shape index (κ2) is 11.5. The highest BCUT2D eigenvalue weighted by Gasteiger charge is 2.31. The average Bonchev–Trinajstić information content (AvgIpc) is 2.90. The van der Waals surface area contributed by atoms with Crippen LogP contribution in [0.5, 0.6) is 11.5 Å². The molecule has 9 nitrogen and oxygen atoms in total. The number of hydrogen-bond donors (Lipinski definition) is 1. The van der Waals surface area contributed by atoms with Crippen LogP contribution in [0.15, 0.2) is 72.1 Å². The normalized spacial score (nSPS) is 15.2. The third-order valence-electron chi connectivity index (χ3n) is 5.50. The van der Waals surface area contributed by atoms with Gasteiger partial charge in [-0.1, -0.05) is 19.1 Å². The van der Waals surface area contributed by atoms with Gasteiger partial charge in [0.2, 0.25) is 0 Å². The summed E-state index contributed by atoms with van der Waals surface area (Å²) in [7, 11) is 1.35. The lowest BCUT2D eigenvalue weighted by atomic mass is 10.0. The minimum absolute atomic E-state index is 0.0894. The van der Waals surface area contributed by atoms with E-state index in [2.05, 4.69) is 20.1 Å². The number of hydrazone groups is 1. The van der Waals surface area contributed by atoms with Crippen molar-refractivity contribution in [2.75, 3.05) is 12.4 Å². The molecule has 0 saturated carbocycles. The molecule has 2 aromatic carbocycles. The van der Waals surface area contributed by atoms with E-state index in [1.807, 2.05) is 6.92 Å². The molecule has 2 amide bonds. The van der Waals surface area contributed by atoms with Gasteiger partial charge in [-0.05, 0) is 54.4 Å². The van der Waals surface area contributed by atoms with Crippen LogP contribution in [0.2, 0.25) is 0 Å². The van der Waals surface area contributed by atoms with E-state index < -0.39 is 18.8 Å². The number of anilines is 1. The largest absolute Gasteiger partial charge is 0.493 e. The molecule has 2 heterocycles. The van der Waals surface area contributed by atoms with Crippen LogP contribution in [0.3, 0.4) is 0 Å². The van der Waals surface area contributed by atoms with Crippen molar-refractivity contribution >= 4 is 23.4 Å². The summed E-state index contributed by atoms with van der Waals surface area (Å²) in [4.78, 5) is 28.9. The lowest BCUT2D eigenvalue weighted by Gasteiger charge is -2.29. The Balaban J connectivity index is 1.53. The number of nitrogens with zero attached hydrogens (tertiary/aromatic N) is 3. The Kier molecular flexibility index (Phi) is 7.92. The van der Waals surface area contributed by atoms with Crippen molar-refractivity contribution in [1.82, 2.24) is 9.99 Å². The predicted octanol–water partition coefficient (Wildman–Crippen LogP) is 5.08. The van der Waals surface area contributed by atoms with Crippen molar-refractivity contribution in [1.29, 1.82) is 0 Å². The topological polar surface area (TPSA) is 102 Å². The van der Waals surface area contributed by atoms with E-state index >= 15 is 0 Å². The summed E-state index contributed by atoms with van der Waals surface area (Å²) in [6, 6.07) is 14.7. The first-order chi connectivity index (χ1) is 17.9. The number of pyridine rings is 1. The van der Waals surface area contributed by atoms with Crippen molar-refractivity contribution in [3.05, 3.63) is 83.7 Å². The molecule has 37 heavy (non-hydrogen) atoms. The van der Waals surface area contributed by atoms with Crippen LogP contribution >= 0.6 is 0 Å². The molecule has 0 radical (unpaired) electrons. The van der Waals surface area contributed by atoms with Gasteiger partial charge in [0.1, 0.15) is 11.8 Å². The van der Waals surface area contributed by atoms with Gasteiger partial charge in [-0.25, -0.2) is 4.79 Å². The SMILES string of the molecule is CCC1OC(=O)N(Cc2ccc(NC(=O)c3cccnc3)cc2)N=C1c1ccc(OC)c(OC(F)F)c1. The van der Waals surface area contributed by atoms with E-state index in [9.17, 15) is 18.4 Å². The minimum atomic E-state index is -3.04. The average molecular weight is 510 g/mol. The number of alkyl halides is 2. The van der Waals surface area contributed by atoms with Crippen LogP contribution in [0.25, 0.3) is 0 Å². The van der Waals surface area contributed by atoms with Gasteiger partial charge in [0, 0.05) is 23.6 Å². The van der Waals surface area contributed by atoms with Crippen molar-refractivity contribution in [3.8, 4) is 11.5 Å². The van der Waals surface area contributed by atoms with Crippen LogP contribution in [-0.2, 0) is 11.3 Å². The first kappa shape index (κ1) is 25.5. The summed E-state index contributed by atoms with van der Waals surface area (Å²) in [5.41, 5.74) is 2.57. The molecule has 3 aromatic rings. The Morgan fingerprint density at radius 1 is 1.16 bits per heavy atom. The lowest BCUT2D eigenvalue weighted by Crippen LogP contribution is -2.41. The molecule has 0 saturated heterocycles. The molecule has 1 aromatic heterocycles. The number of nitrogens with one attached hydrogen (secondary N) is 1. The molecule has 0 aliphatic carbocycles. The number of benzene rings is 2. The fraction of sp³-hybridized carbons (Fsp3) is 0.231. The maximum Gasteiger partial charge on any atom is 0.431 e. The molecule has 11 heteroatoms. The summed E-state index contributed by atoms with van der Waals surface area (Å²) in [6.45, 7) is -1.13. The second-order valence-corrected chi connectivity index (χ2v) is 7.96. The molecule has 1 N–H and O–H groups in total. The Hall–Kier alpha value is -4.54. The highest BCUT2D eigenvalue weighted by Crippen LogP contribution is 2.31. The van der Waals surface area contributed by atoms with Crippen LogP contribution in [0.4, 0.5) is 19.3 Å². The Morgan fingerprint density at radius 2 is 1.95 bits per heavy atom. The van der Waals surface area contributed by atoms with E-state index in [1.54, 1.807) is 48.7 Å². The zero-order chi connectivity index (χ0) is 26.4. The van der Waals surface area contributed by atoms with Crippen molar-refractivity contribution in [2.45, 2.75) is 32.6 Å². The summed E-state index contributed by atoms with van der Waals surface area (Å²) < 4.78 is 41.0. The minimum Gasteiger partial charge on any atom is -0.493 e. The maximum atomic E-state index is 12.9. The highest BCUT2D eigenvalue weighted by atomic mass is 19.3. The number of aromatic nitrogens is 1. The predicted molar refractivity (Wildman–Crippen MR) is 131 cm³/mol. The molecule has 0 fully saturated rings. The Bertz CT molecular complexity index is 1290. The Morgan fingerprint density at radius 3 is 2.59 bits per heavy atom. The van der Waals surface area contributed by atoms with Crippen LogP contribution in [0, 0.1) is 0 Å². The maximum absolute atomic E-state index is 12.9. The van der Waals surface area contributed by atoms with E-state index in [-0.39, 0.29) is 24.0 Å². The quantitative estimate of drug-likeness (QED) is 0.431. The van der Waals surface area contributed by atoms with E-state index in [0.29, 0.717) is 28.9 Å².